The molecule has 1 atom stereocenters. The molecule has 150 valence electrons. The molecule has 28 heavy (non-hydrogen) atoms. The van der Waals surface area contributed by atoms with Crippen molar-refractivity contribution in [2.75, 3.05) is 14.2 Å². The summed E-state index contributed by atoms with van der Waals surface area (Å²) in [6.07, 6.45) is 0. The molecule has 0 aliphatic heterocycles. The van der Waals surface area contributed by atoms with Crippen molar-refractivity contribution in [1.82, 2.24) is 10.2 Å². The minimum atomic E-state index is -0.592. The largest absolute Gasteiger partial charge is 0.497 e. The summed E-state index contributed by atoms with van der Waals surface area (Å²) in [7, 11) is 3.35. The van der Waals surface area contributed by atoms with Crippen molar-refractivity contribution in [3.8, 4) is 5.75 Å². The van der Waals surface area contributed by atoms with Crippen LogP contribution >= 0.6 is 0 Å². The summed E-state index contributed by atoms with van der Waals surface area (Å²) in [4.78, 5) is 27.3. The number of benzene rings is 2. The predicted octanol–water partition coefficient (Wildman–Crippen LogP) is 3.73. The van der Waals surface area contributed by atoms with Crippen molar-refractivity contribution in [2.45, 2.75) is 40.3 Å². The van der Waals surface area contributed by atoms with E-state index in [1.165, 1.54) is 5.56 Å². The van der Waals surface area contributed by atoms with Crippen molar-refractivity contribution in [2.24, 2.45) is 5.92 Å². The Kier molecular flexibility index (Phi) is 7.21. The minimum Gasteiger partial charge on any atom is -0.497 e. The molecule has 0 aliphatic carbocycles. The molecule has 1 unspecified atom stereocenters. The third-order valence-corrected chi connectivity index (χ3v) is 4.85. The van der Waals surface area contributed by atoms with Gasteiger partial charge in [-0.3, -0.25) is 9.59 Å². The Balaban J connectivity index is 2.10. The lowest BCUT2D eigenvalue weighted by atomic mass is 10.0. The van der Waals surface area contributed by atoms with Crippen LogP contribution in [0.4, 0.5) is 0 Å². The fraction of sp³-hybridized carbons (Fsp3) is 0.391. The maximum atomic E-state index is 13.0. The number of carbonyl (C=O) groups is 2. The van der Waals surface area contributed by atoms with Crippen LogP contribution in [0.2, 0.25) is 0 Å². The van der Waals surface area contributed by atoms with E-state index in [0.717, 1.165) is 11.1 Å². The van der Waals surface area contributed by atoms with Crippen molar-refractivity contribution >= 4 is 11.8 Å². The Morgan fingerprint density at radius 1 is 1.07 bits per heavy atom. The van der Waals surface area contributed by atoms with E-state index in [1.807, 2.05) is 26.8 Å². The van der Waals surface area contributed by atoms with Gasteiger partial charge in [0.05, 0.1) is 7.11 Å². The SMILES string of the molecule is COc1ccc(C(=O)NC(C(=O)N(C)Cc2ccc(C)cc2C)C(C)C)cc1. The lowest BCUT2D eigenvalue weighted by Gasteiger charge is -2.27. The lowest BCUT2D eigenvalue weighted by Crippen LogP contribution is -2.50. The monoisotopic (exact) mass is 382 g/mol. The van der Waals surface area contributed by atoms with E-state index in [1.54, 1.807) is 43.3 Å². The number of nitrogens with one attached hydrogen (secondary N) is 1. The lowest BCUT2D eigenvalue weighted by molar-refractivity contribution is -0.133. The number of methoxy groups -OCH3 is 1. The zero-order valence-corrected chi connectivity index (χ0v) is 17.6. The van der Waals surface area contributed by atoms with Gasteiger partial charge >= 0.3 is 0 Å². The van der Waals surface area contributed by atoms with E-state index in [9.17, 15) is 9.59 Å². The number of amides is 2. The van der Waals surface area contributed by atoms with Gasteiger partial charge in [-0.2, -0.15) is 0 Å². The molecule has 1 N–H and O–H groups in total. The number of hydrogen-bond acceptors (Lipinski definition) is 3. The van der Waals surface area contributed by atoms with Crippen LogP contribution in [0.25, 0.3) is 0 Å². The summed E-state index contributed by atoms with van der Waals surface area (Å²) in [5, 5.41) is 2.89. The molecule has 0 heterocycles. The first-order chi connectivity index (χ1) is 13.2. The molecular formula is C23H30N2O3. The highest BCUT2D eigenvalue weighted by Crippen LogP contribution is 2.16. The van der Waals surface area contributed by atoms with E-state index in [0.29, 0.717) is 17.9 Å². The molecule has 2 aromatic rings. The molecule has 2 aromatic carbocycles. The molecule has 0 saturated heterocycles. The van der Waals surface area contributed by atoms with Gasteiger partial charge in [0.25, 0.3) is 5.91 Å². The first kappa shape index (κ1) is 21.5. The fourth-order valence-corrected chi connectivity index (χ4v) is 3.07. The molecular weight excluding hydrogens is 352 g/mol. The molecule has 0 saturated carbocycles. The highest BCUT2D eigenvalue weighted by atomic mass is 16.5. The van der Waals surface area contributed by atoms with Crippen LogP contribution in [-0.4, -0.2) is 36.9 Å². The van der Waals surface area contributed by atoms with E-state index in [2.05, 4.69) is 24.4 Å². The number of rotatable bonds is 7. The number of hydrogen-bond donors (Lipinski definition) is 1. The summed E-state index contributed by atoms with van der Waals surface area (Å²) in [5.74, 6) is 0.281. The van der Waals surface area contributed by atoms with E-state index in [-0.39, 0.29) is 17.7 Å². The Bertz CT molecular complexity index is 828. The van der Waals surface area contributed by atoms with Gasteiger partial charge in [-0.15, -0.1) is 0 Å². The van der Waals surface area contributed by atoms with Gasteiger partial charge in [-0.25, -0.2) is 0 Å². The normalized spacial score (nSPS) is 11.8. The minimum absolute atomic E-state index is 0.0312. The number of nitrogens with zero attached hydrogens (tertiary/aromatic N) is 1. The first-order valence-corrected chi connectivity index (χ1v) is 9.49. The number of carbonyl (C=O) groups excluding carboxylic acids is 2. The highest BCUT2D eigenvalue weighted by molar-refractivity contribution is 5.97. The van der Waals surface area contributed by atoms with Gasteiger partial charge in [-0.05, 0) is 55.2 Å². The third-order valence-electron chi connectivity index (χ3n) is 4.85. The van der Waals surface area contributed by atoms with Crippen LogP contribution in [0, 0.1) is 19.8 Å². The van der Waals surface area contributed by atoms with E-state index >= 15 is 0 Å². The molecule has 2 rings (SSSR count). The number of ether oxygens (including phenoxy) is 1. The molecule has 0 aliphatic rings. The van der Waals surface area contributed by atoms with Crippen LogP contribution in [-0.2, 0) is 11.3 Å². The second-order valence-corrected chi connectivity index (χ2v) is 7.55. The Morgan fingerprint density at radius 3 is 2.25 bits per heavy atom. The summed E-state index contributed by atoms with van der Waals surface area (Å²) >= 11 is 0. The standard InChI is InChI=1S/C23H30N2O3/c1-15(2)21(24-22(26)18-9-11-20(28-6)12-10-18)23(27)25(5)14-19-8-7-16(3)13-17(19)4/h7-13,15,21H,14H2,1-6H3,(H,24,26). The molecule has 5 heteroatoms. The summed E-state index contributed by atoms with van der Waals surface area (Å²) in [6.45, 7) is 8.47. The topological polar surface area (TPSA) is 58.6 Å². The first-order valence-electron chi connectivity index (χ1n) is 9.49. The smallest absolute Gasteiger partial charge is 0.251 e. The van der Waals surface area contributed by atoms with Gasteiger partial charge in [0, 0.05) is 19.2 Å². The molecule has 0 radical (unpaired) electrons. The third kappa shape index (κ3) is 5.35. The van der Waals surface area contributed by atoms with Gasteiger partial charge in [0.1, 0.15) is 11.8 Å². The highest BCUT2D eigenvalue weighted by Gasteiger charge is 2.27. The maximum Gasteiger partial charge on any atom is 0.251 e. The second kappa shape index (κ2) is 9.40. The predicted molar refractivity (Wildman–Crippen MR) is 111 cm³/mol. The molecule has 0 aromatic heterocycles. The number of aryl methyl sites for hydroxylation is 2. The molecule has 0 fully saturated rings. The van der Waals surface area contributed by atoms with Crippen molar-refractivity contribution in [3.63, 3.8) is 0 Å². The van der Waals surface area contributed by atoms with Crippen molar-refractivity contribution in [3.05, 3.63) is 64.7 Å². The molecule has 0 bridgehead atoms. The Morgan fingerprint density at radius 2 is 1.71 bits per heavy atom. The van der Waals surface area contributed by atoms with Crippen LogP contribution in [0.1, 0.15) is 40.9 Å². The zero-order valence-electron chi connectivity index (χ0n) is 17.6. The Hall–Kier alpha value is -2.82. The van der Waals surface area contributed by atoms with Crippen molar-refractivity contribution < 1.29 is 14.3 Å². The van der Waals surface area contributed by atoms with Gasteiger partial charge < -0.3 is 15.0 Å². The van der Waals surface area contributed by atoms with Crippen LogP contribution < -0.4 is 10.1 Å². The van der Waals surface area contributed by atoms with Crippen LogP contribution in [0.5, 0.6) is 5.75 Å². The molecule has 5 nitrogen and oxygen atoms in total. The fourth-order valence-electron chi connectivity index (χ4n) is 3.07. The Labute approximate surface area is 167 Å². The van der Waals surface area contributed by atoms with Gasteiger partial charge in [0.2, 0.25) is 5.91 Å². The summed E-state index contributed by atoms with van der Waals surface area (Å²) in [5.41, 5.74) is 3.95. The quantitative estimate of drug-likeness (QED) is 0.794. The second-order valence-electron chi connectivity index (χ2n) is 7.55. The van der Waals surface area contributed by atoms with E-state index in [4.69, 9.17) is 4.74 Å². The zero-order chi connectivity index (χ0) is 20.8. The molecule has 0 spiro atoms. The van der Waals surface area contributed by atoms with Crippen LogP contribution in [0.15, 0.2) is 42.5 Å². The van der Waals surface area contributed by atoms with Crippen molar-refractivity contribution in [1.29, 1.82) is 0 Å². The van der Waals surface area contributed by atoms with Gasteiger partial charge in [-0.1, -0.05) is 37.6 Å². The van der Waals surface area contributed by atoms with Gasteiger partial charge in [0.15, 0.2) is 0 Å². The average Bonchev–Trinajstić information content (AvgIpc) is 2.67. The summed E-state index contributed by atoms with van der Waals surface area (Å²) in [6, 6.07) is 12.5. The number of likely N-dealkylation sites (N-methyl/N-ethyl adjacent to an activating group) is 1. The maximum absolute atomic E-state index is 13.0. The summed E-state index contributed by atoms with van der Waals surface area (Å²) < 4.78 is 5.12. The van der Waals surface area contributed by atoms with Crippen LogP contribution in [0.3, 0.4) is 0 Å². The molecule has 2 amide bonds. The average molecular weight is 383 g/mol. The van der Waals surface area contributed by atoms with E-state index < -0.39 is 6.04 Å².